The number of likely N-dealkylation sites (N-methyl/N-ethyl adjacent to an activating group) is 1. The first-order valence-corrected chi connectivity index (χ1v) is 9.86. The van der Waals surface area contributed by atoms with Gasteiger partial charge in [0.15, 0.2) is 0 Å². The molecule has 0 saturated heterocycles. The van der Waals surface area contributed by atoms with Crippen molar-refractivity contribution >= 4 is 33.6 Å². The van der Waals surface area contributed by atoms with Crippen LogP contribution in [0.15, 0.2) is 57.9 Å². The van der Waals surface area contributed by atoms with Gasteiger partial charge in [0.05, 0.1) is 12.6 Å². The third-order valence-corrected chi connectivity index (χ3v) is 5.04. The van der Waals surface area contributed by atoms with Crippen LogP contribution in [0.4, 0.5) is 0 Å². The van der Waals surface area contributed by atoms with Gasteiger partial charge < -0.3 is 5.32 Å². The van der Waals surface area contributed by atoms with E-state index in [-0.39, 0.29) is 11.9 Å². The number of halogens is 1. The molecule has 0 bridgehead atoms. The number of thioether (sulfide) groups is 1. The van der Waals surface area contributed by atoms with Crippen LogP contribution in [-0.4, -0.2) is 30.7 Å². The molecule has 1 amide bonds. The zero-order valence-electron chi connectivity index (χ0n) is 14.3. The lowest BCUT2D eigenvalue weighted by molar-refractivity contribution is -0.122. The highest BCUT2D eigenvalue weighted by Crippen LogP contribution is 2.17. The molecule has 1 N–H and O–H groups in total. The highest BCUT2D eigenvalue weighted by molar-refractivity contribution is 9.10. The molecule has 1 atom stereocenters. The van der Waals surface area contributed by atoms with E-state index in [9.17, 15) is 4.79 Å². The minimum absolute atomic E-state index is 0.000127. The highest BCUT2D eigenvalue weighted by Gasteiger charge is 2.12. The molecule has 5 heteroatoms. The Balaban J connectivity index is 1.83. The smallest absolute Gasteiger partial charge is 0.234 e. The van der Waals surface area contributed by atoms with Crippen molar-refractivity contribution in [2.75, 3.05) is 19.8 Å². The molecule has 0 heterocycles. The predicted molar refractivity (Wildman–Crippen MR) is 105 cm³/mol. The van der Waals surface area contributed by atoms with Gasteiger partial charge >= 0.3 is 0 Å². The van der Waals surface area contributed by atoms with Gasteiger partial charge in [-0.15, -0.1) is 11.8 Å². The van der Waals surface area contributed by atoms with Crippen molar-refractivity contribution in [3.63, 3.8) is 0 Å². The maximum Gasteiger partial charge on any atom is 0.234 e. The largest absolute Gasteiger partial charge is 0.348 e. The van der Waals surface area contributed by atoms with Crippen LogP contribution in [-0.2, 0) is 11.3 Å². The molecule has 128 valence electrons. The zero-order chi connectivity index (χ0) is 17.5. The van der Waals surface area contributed by atoms with Crippen molar-refractivity contribution in [1.82, 2.24) is 10.2 Å². The minimum atomic E-state index is -0.000127. The first kappa shape index (κ1) is 19.0. The second-order valence-electron chi connectivity index (χ2n) is 5.86. The average Bonchev–Trinajstić information content (AvgIpc) is 2.55. The third-order valence-electron chi connectivity index (χ3n) is 3.77. The number of hydrogen-bond acceptors (Lipinski definition) is 3. The van der Waals surface area contributed by atoms with E-state index >= 15 is 0 Å². The Morgan fingerprint density at radius 3 is 2.38 bits per heavy atom. The lowest BCUT2D eigenvalue weighted by Crippen LogP contribution is -2.36. The topological polar surface area (TPSA) is 32.3 Å². The van der Waals surface area contributed by atoms with Gasteiger partial charge in [0.2, 0.25) is 5.91 Å². The van der Waals surface area contributed by atoms with E-state index in [1.54, 1.807) is 11.8 Å². The van der Waals surface area contributed by atoms with Crippen LogP contribution in [0.3, 0.4) is 0 Å². The normalized spacial score (nSPS) is 12.2. The second kappa shape index (κ2) is 9.25. The third kappa shape index (κ3) is 5.96. The Bertz CT molecular complexity index is 658. The zero-order valence-corrected chi connectivity index (χ0v) is 16.7. The van der Waals surface area contributed by atoms with E-state index in [4.69, 9.17) is 0 Å². The first-order valence-electron chi connectivity index (χ1n) is 7.84. The predicted octanol–water partition coefficient (Wildman–Crippen LogP) is 4.48. The Morgan fingerprint density at radius 2 is 1.79 bits per heavy atom. The summed E-state index contributed by atoms with van der Waals surface area (Å²) in [5.74, 6) is 0.0358. The summed E-state index contributed by atoms with van der Waals surface area (Å²) in [6, 6.07) is 16.5. The summed E-state index contributed by atoms with van der Waals surface area (Å²) in [7, 11) is 1.96. The molecule has 0 unspecified atom stereocenters. The quantitative estimate of drug-likeness (QED) is 0.687. The highest BCUT2D eigenvalue weighted by atomic mass is 79.9. The molecular weight excluding hydrogens is 384 g/mol. The van der Waals surface area contributed by atoms with E-state index in [0.29, 0.717) is 6.54 Å². The van der Waals surface area contributed by atoms with Crippen molar-refractivity contribution in [2.24, 2.45) is 0 Å². The monoisotopic (exact) mass is 406 g/mol. The fraction of sp³-hybridized carbons (Fsp3) is 0.316. The Kier molecular flexibility index (Phi) is 7.34. The molecule has 0 aliphatic heterocycles. The van der Waals surface area contributed by atoms with Crippen LogP contribution in [0.1, 0.15) is 24.1 Å². The summed E-state index contributed by atoms with van der Waals surface area (Å²) in [4.78, 5) is 15.5. The van der Waals surface area contributed by atoms with Crippen LogP contribution < -0.4 is 5.32 Å². The van der Waals surface area contributed by atoms with E-state index in [0.717, 1.165) is 16.6 Å². The van der Waals surface area contributed by atoms with Crippen LogP contribution in [0.2, 0.25) is 0 Å². The molecule has 2 rings (SSSR count). The van der Waals surface area contributed by atoms with Crippen molar-refractivity contribution in [1.29, 1.82) is 0 Å². The summed E-state index contributed by atoms with van der Waals surface area (Å²) in [5, 5.41) is 3.05. The molecule has 2 aromatic rings. The molecular formula is C19H23BrN2OS. The molecule has 0 spiro atoms. The molecule has 24 heavy (non-hydrogen) atoms. The number of carbonyl (C=O) groups is 1. The standard InChI is InChI=1S/C19H23BrN2OS/c1-14(16-6-8-17(20)9-7-16)21-19(23)13-22(2)12-15-4-10-18(24-3)11-5-15/h4-11,14H,12-13H2,1-3H3,(H,21,23)/t14-/m1/s1. The molecule has 3 nitrogen and oxygen atoms in total. The van der Waals surface area contributed by atoms with Gasteiger partial charge in [-0.2, -0.15) is 0 Å². The minimum Gasteiger partial charge on any atom is -0.348 e. The SMILES string of the molecule is CSc1ccc(CN(C)CC(=O)N[C@H](C)c2ccc(Br)cc2)cc1. The Labute approximate surface area is 157 Å². The van der Waals surface area contributed by atoms with Crippen LogP contribution in [0, 0.1) is 0 Å². The van der Waals surface area contributed by atoms with E-state index in [1.165, 1.54) is 10.5 Å². The molecule has 0 fully saturated rings. The van der Waals surface area contributed by atoms with Gasteiger partial charge in [-0.3, -0.25) is 9.69 Å². The van der Waals surface area contributed by atoms with Crippen LogP contribution >= 0.6 is 27.7 Å². The van der Waals surface area contributed by atoms with Crippen molar-refractivity contribution in [2.45, 2.75) is 24.4 Å². The summed E-state index contributed by atoms with van der Waals surface area (Å²) in [5.41, 5.74) is 2.31. The van der Waals surface area contributed by atoms with E-state index < -0.39 is 0 Å². The number of rotatable bonds is 7. The van der Waals surface area contributed by atoms with Gasteiger partial charge in [0.1, 0.15) is 0 Å². The van der Waals surface area contributed by atoms with Gasteiger partial charge in [-0.05, 0) is 55.6 Å². The number of amides is 1. The molecule has 0 aromatic heterocycles. The summed E-state index contributed by atoms with van der Waals surface area (Å²) < 4.78 is 1.04. The Hall–Kier alpha value is -1.30. The Morgan fingerprint density at radius 1 is 1.17 bits per heavy atom. The molecule has 2 aromatic carbocycles. The van der Waals surface area contributed by atoms with Crippen molar-refractivity contribution in [3.8, 4) is 0 Å². The van der Waals surface area contributed by atoms with E-state index in [2.05, 4.69) is 51.8 Å². The molecule has 0 aliphatic rings. The molecule has 0 radical (unpaired) electrons. The number of carbonyl (C=O) groups excluding carboxylic acids is 1. The fourth-order valence-electron chi connectivity index (χ4n) is 2.47. The maximum absolute atomic E-state index is 12.2. The number of hydrogen-bond donors (Lipinski definition) is 1. The first-order chi connectivity index (χ1) is 11.5. The second-order valence-corrected chi connectivity index (χ2v) is 7.66. The van der Waals surface area contributed by atoms with Gasteiger partial charge in [0.25, 0.3) is 0 Å². The molecule has 0 saturated carbocycles. The lowest BCUT2D eigenvalue weighted by atomic mass is 10.1. The van der Waals surface area contributed by atoms with Gasteiger partial charge in [0, 0.05) is 15.9 Å². The summed E-state index contributed by atoms with van der Waals surface area (Å²) in [6.45, 7) is 3.14. The average molecular weight is 407 g/mol. The number of nitrogens with one attached hydrogen (secondary N) is 1. The fourth-order valence-corrected chi connectivity index (χ4v) is 3.14. The summed E-state index contributed by atoms with van der Waals surface area (Å²) in [6.07, 6.45) is 2.07. The molecule has 0 aliphatic carbocycles. The van der Waals surface area contributed by atoms with Crippen molar-refractivity contribution < 1.29 is 4.79 Å². The number of benzene rings is 2. The van der Waals surface area contributed by atoms with Crippen molar-refractivity contribution in [3.05, 3.63) is 64.1 Å². The van der Waals surface area contributed by atoms with Crippen LogP contribution in [0.25, 0.3) is 0 Å². The van der Waals surface area contributed by atoms with Gasteiger partial charge in [-0.25, -0.2) is 0 Å². The summed E-state index contributed by atoms with van der Waals surface area (Å²) >= 11 is 5.16. The van der Waals surface area contributed by atoms with Crippen LogP contribution in [0.5, 0.6) is 0 Å². The van der Waals surface area contributed by atoms with Gasteiger partial charge in [-0.1, -0.05) is 40.2 Å². The lowest BCUT2D eigenvalue weighted by Gasteiger charge is -2.19. The maximum atomic E-state index is 12.2. The number of nitrogens with zero attached hydrogens (tertiary/aromatic N) is 1. The van der Waals surface area contributed by atoms with E-state index in [1.807, 2.05) is 43.1 Å².